The maximum absolute atomic E-state index is 12.8. The first-order valence-electron chi connectivity index (χ1n) is 5.59. The van der Waals surface area contributed by atoms with Gasteiger partial charge in [-0.1, -0.05) is 34.1 Å². The van der Waals surface area contributed by atoms with Gasteiger partial charge in [-0.3, -0.25) is 0 Å². The van der Waals surface area contributed by atoms with Gasteiger partial charge in [-0.25, -0.2) is 4.39 Å². The summed E-state index contributed by atoms with van der Waals surface area (Å²) in [5, 5.41) is 10.1. The average Bonchev–Trinajstić information content (AvgIpc) is 2.37. The summed E-state index contributed by atoms with van der Waals surface area (Å²) < 4.78 is 50.6. The summed E-state index contributed by atoms with van der Waals surface area (Å²) in [5.74, 6) is -0.451. The number of rotatable bonds is 2. The van der Waals surface area contributed by atoms with Crippen LogP contribution in [0.3, 0.4) is 0 Å². The molecule has 0 aliphatic carbocycles. The molecule has 6 heteroatoms. The highest BCUT2D eigenvalue weighted by Gasteiger charge is 2.31. The van der Waals surface area contributed by atoms with Crippen LogP contribution in [0.2, 0.25) is 0 Å². The van der Waals surface area contributed by atoms with Gasteiger partial charge in [0.1, 0.15) is 11.9 Å². The first-order chi connectivity index (χ1) is 9.29. The summed E-state index contributed by atoms with van der Waals surface area (Å²) in [6.45, 7) is 0. The van der Waals surface area contributed by atoms with E-state index in [2.05, 4.69) is 15.9 Å². The predicted octanol–water partition coefficient (Wildman–Crippen LogP) is 4.69. The molecule has 2 aromatic rings. The quantitative estimate of drug-likeness (QED) is 0.780. The molecule has 0 fully saturated rings. The molecule has 0 aliphatic rings. The van der Waals surface area contributed by atoms with Crippen molar-refractivity contribution in [2.24, 2.45) is 0 Å². The van der Waals surface area contributed by atoms with E-state index in [4.69, 9.17) is 0 Å². The van der Waals surface area contributed by atoms with E-state index in [1.165, 1.54) is 30.3 Å². The van der Waals surface area contributed by atoms with Crippen molar-refractivity contribution < 1.29 is 22.7 Å². The lowest BCUT2D eigenvalue weighted by molar-refractivity contribution is -0.137. The topological polar surface area (TPSA) is 20.2 Å². The zero-order chi connectivity index (χ0) is 14.9. The minimum atomic E-state index is -4.44. The van der Waals surface area contributed by atoms with Crippen molar-refractivity contribution in [1.29, 1.82) is 0 Å². The van der Waals surface area contributed by atoms with Crippen LogP contribution in [0.25, 0.3) is 0 Å². The number of hydrogen-bond acceptors (Lipinski definition) is 1. The molecular formula is C14H9BrF4O. The Labute approximate surface area is 121 Å². The molecular weight excluding hydrogens is 340 g/mol. The molecule has 0 heterocycles. The van der Waals surface area contributed by atoms with Crippen LogP contribution in [0.5, 0.6) is 0 Å². The Morgan fingerprint density at radius 2 is 1.60 bits per heavy atom. The zero-order valence-electron chi connectivity index (χ0n) is 9.96. The van der Waals surface area contributed by atoms with Crippen molar-refractivity contribution in [3.05, 3.63) is 69.4 Å². The highest BCUT2D eigenvalue weighted by atomic mass is 79.9. The molecule has 0 aliphatic heterocycles. The van der Waals surface area contributed by atoms with Crippen molar-refractivity contribution in [2.75, 3.05) is 0 Å². The number of alkyl halides is 3. The largest absolute Gasteiger partial charge is 0.416 e. The fourth-order valence-corrected chi connectivity index (χ4v) is 2.35. The molecule has 0 saturated carbocycles. The molecule has 0 amide bonds. The van der Waals surface area contributed by atoms with Gasteiger partial charge in [-0.15, -0.1) is 0 Å². The van der Waals surface area contributed by atoms with Gasteiger partial charge in [-0.2, -0.15) is 13.2 Å². The summed E-state index contributed by atoms with van der Waals surface area (Å²) in [6.07, 6.45) is -5.57. The summed E-state index contributed by atoms with van der Waals surface area (Å²) >= 11 is 3.02. The van der Waals surface area contributed by atoms with Crippen LogP contribution in [-0.4, -0.2) is 5.11 Å². The molecule has 106 valence electrons. The molecule has 0 bridgehead atoms. The summed E-state index contributed by atoms with van der Waals surface area (Å²) in [5.41, 5.74) is -0.129. The fourth-order valence-electron chi connectivity index (χ4n) is 1.75. The van der Waals surface area contributed by atoms with E-state index < -0.39 is 23.7 Å². The molecule has 1 nitrogen and oxygen atoms in total. The van der Waals surface area contributed by atoms with Gasteiger partial charge < -0.3 is 5.11 Å². The Morgan fingerprint density at radius 1 is 1.00 bits per heavy atom. The van der Waals surface area contributed by atoms with E-state index >= 15 is 0 Å². The highest BCUT2D eigenvalue weighted by Crippen LogP contribution is 2.35. The van der Waals surface area contributed by atoms with Gasteiger partial charge in [-0.05, 0) is 35.4 Å². The van der Waals surface area contributed by atoms with Crippen LogP contribution < -0.4 is 0 Å². The van der Waals surface area contributed by atoms with Crippen LogP contribution in [0.15, 0.2) is 46.9 Å². The minimum absolute atomic E-state index is 0.143. The Balaban J connectivity index is 2.36. The second kappa shape index (κ2) is 5.54. The number of aliphatic hydroxyl groups is 1. The second-order valence-electron chi connectivity index (χ2n) is 4.19. The standard InChI is InChI=1S/C14H9BrF4O/c15-12-7-9(14(17,18)19)3-6-11(12)13(20)8-1-4-10(16)5-2-8/h1-7,13,20H. The van der Waals surface area contributed by atoms with Gasteiger partial charge >= 0.3 is 6.18 Å². The first-order valence-corrected chi connectivity index (χ1v) is 6.38. The van der Waals surface area contributed by atoms with E-state index in [1.807, 2.05) is 0 Å². The first kappa shape index (κ1) is 15.0. The van der Waals surface area contributed by atoms with E-state index in [-0.39, 0.29) is 10.0 Å². The van der Waals surface area contributed by atoms with Crippen molar-refractivity contribution in [3.8, 4) is 0 Å². The van der Waals surface area contributed by atoms with Crippen LogP contribution >= 0.6 is 15.9 Å². The Bertz CT molecular complexity index is 608. The van der Waals surface area contributed by atoms with Crippen molar-refractivity contribution >= 4 is 15.9 Å². The third-order valence-electron chi connectivity index (χ3n) is 2.81. The number of halogens is 5. The molecule has 20 heavy (non-hydrogen) atoms. The molecule has 1 N–H and O–H groups in total. The molecule has 0 spiro atoms. The molecule has 2 rings (SSSR count). The van der Waals surface area contributed by atoms with Crippen molar-refractivity contribution in [1.82, 2.24) is 0 Å². The van der Waals surface area contributed by atoms with Gasteiger partial charge in [0.15, 0.2) is 0 Å². The van der Waals surface area contributed by atoms with Gasteiger partial charge in [0.25, 0.3) is 0 Å². The van der Waals surface area contributed by atoms with E-state index in [0.717, 1.165) is 12.1 Å². The van der Waals surface area contributed by atoms with Crippen LogP contribution in [0.4, 0.5) is 17.6 Å². The third kappa shape index (κ3) is 3.19. The maximum atomic E-state index is 12.8. The van der Waals surface area contributed by atoms with Gasteiger partial charge in [0.2, 0.25) is 0 Å². The molecule has 0 radical (unpaired) electrons. The lowest BCUT2D eigenvalue weighted by Gasteiger charge is -2.15. The second-order valence-corrected chi connectivity index (χ2v) is 5.04. The summed E-state index contributed by atoms with van der Waals surface area (Å²) in [6, 6.07) is 8.11. The average molecular weight is 349 g/mol. The normalized spacial score (nSPS) is 13.3. The Kier molecular flexibility index (Phi) is 4.15. The Morgan fingerprint density at radius 3 is 2.10 bits per heavy atom. The Hall–Kier alpha value is -1.40. The van der Waals surface area contributed by atoms with E-state index in [9.17, 15) is 22.7 Å². The van der Waals surface area contributed by atoms with Gasteiger partial charge in [0, 0.05) is 4.47 Å². The highest BCUT2D eigenvalue weighted by molar-refractivity contribution is 9.10. The van der Waals surface area contributed by atoms with E-state index in [1.54, 1.807) is 0 Å². The smallest absolute Gasteiger partial charge is 0.384 e. The molecule has 2 aromatic carbocycles. The number of benzene rings is 2. The van der Waals surface area contributed by atoms with E-state index in [0.29, 0.717) is 5.56 Å². The third-order valence-corrected chi connectivity index (χ3v) is 3.49. The van der Waals surface area contributed by atoms with Crippen LogP contribution in [0.1, 0.15) is 22.8 Å². The van der Waals surface area contributed by atoms with Crippen LogP contribution in [0, 0.1) is 5.82 Å². The van der Waals surface area contributed by atoms with Gasteiger partial charge in [0.05, 0.1) is 5.56 Å². The van der Waals surface area contributed by atoms with Crippen LogP contribution in [-0.2, 0) is 6.18 Å². The SMILES string of the molecule is OC(c1ccc(F)cc1)c1ccc(C(F)(F)F)cc1Br. The lowest BCUT2D eigenvalue weighted by Crippen LogP contribution is -2.07. The molecule has 0 saturated heterocycles. The molecule has 1 unspecified atom stereocenters. The number of hydrogen-bond donors (Lipinski definition) is 1. The lowest BCUT2D eigenvalue weighted by atomic mass is 10.0. The fraction of sp³-hybridized carbons (Fsp3) is 0.143. The molecule has 0 aromatic heterocycles. The maximum Gasteiger partial charge on any atom is 0.416 e. The summed E-state index contributed by atoms with van der Waals surface area (Å²) in [7, 11) is 0. The minimum Gasteiger partial charge on any atom is -0.384 e. The summed E-state index contributed by atoms with van der Waals surface area (Å²) in [4.78, 5) is 0. The zero-order valence-corrected chi connectivity index (χ0v) is 11.5. The van der Waals surface area contributed by atoms with Crippen molar-refractivity contribution in [2.45, 2.75) is 12.3 Å². The monoisotopic (exact) mass is 348 g/mol. The molecule has 1 atom stereocenters. The predicted molar refractivity (Wildman–Crippen MR) is 69.6 cm³/mol. The van der Waals surface area contributed by atoms with Crippen molar-refractivity contribution in [3.63, 3.8) is 0 Å². The number of aliphatic hydroxyl groups excluding tert-OH is 1.